The molecule has 1 fully saturated rings. The van der Waals surface area contributed by atoms with Crippen molar-refractivity contribution in [3.63, 3.8) is 0 Å². The summed E-state index contributed by atoms with van der Waals surface area (Å²) in [6.07, 6.45) is -0.192. The van der Waals surface area contributed by atoms with Gasteiger partial charge in [-0.15, -0.1) is 11.8 Å². The maximum atomic E-state index is 12.4. The maximum Gasteiger partial charge on any atom is 1.00 e. The number of esters is 1. The molecule has 2 aliphatic heterocycles. The second kappa shape index (κ2) is 9.07. The number of aryl methyl sites for hydroxylation is 1. The molecule has 28 heavy (non-hydrogen) atoms. The van der Waals surface area contributed by atoms with E-state index in [4.69, 9.17) is 9.26 Å². The van der Waals surface area contributed by atoms with Crippen LogP contribution < -0.4 is 40.0 Å². The van der Waals surface area contributed by atoms with Crippen molar-refractivity contribution >= 4 is 35.5 Å². The number of thioether (sulfide) groups is 1. The van der Waals surface area contributed by atoms with Crippen LogP contribution in [-0.4, -0.2) is 62.6 Å². The van der Waals surface area contributed by atoms with Crippen LogP contribution in [0.4, 0.5) is 0 Å². The summed E-state index contributed by atoms with van der Waals surface area (Å²) in [5, 5.41) is 17.0. The number of carbonyl (C=O) groups is 4. The molecule has 2 aliphatic rings. The van der Waals surface area contributed by atoms with Gasteiger partial charge in [-0.1, -0.05) is 5.16 Å². The summed E-state index contributed by atoms with van der Waals surface area (Å²) in [6, 6.07) is -0.879. The van der Waals surface area contributed by atoms with Gasteiger partial charge in [0.15, 0.2) is 5.82 Å². The van der Waals surface area contributed by atoms with Gasteiger partial charge in [0.25, 0.3) is 5.91 Å². The number of aliphatic carboxylic acids is 1. The Morgan fingerprint density at radius 2 is 2.14 bits per heavy atom. The van der Waals surface area contributed by atoms with Crippen molar-refractivity contribution in [2.24, 2.45) is 0 Å². The number of aromatic nitrogens is 2. The summed E-state index contributed by atoms with van der Waals surface area (Å²) in [5.41, 5.74) is -0.0473. The molecule has 11 nitrogen and oxygen atoms in total. The van der Waals surface area contributed by atoms with E-state index in [1.54, 1.807) is 6.92 Å². The van der Waals surface area contributed by atoms with Gasteiger partial charge in [-0.05, 0) is 6.92 Å². The SMILES string of the molecule is CC(=O)OCC1=C(C(=O)[O-])N2C(=O)C(NC(=O)Cc3nc(C)no3)[C@@H]2SC1.[Na+]. The van der Waals surface area contributed by atoms with Gasteiger partial charge in [-0.25, -0.2) is 0 Å². The summed E-state index contributed by atoms with van der Waals surface area (Å²) < 4.78 is 9.69. The van der Waals surface area contributed by atoms with E-state index in [-0.39, 0.29) is 65.5 Å². The van der Waals surface area contributed by atoms with Crippen LogP contribution in [0.1, 0.15) is 18.6 Å². The molecular weight excluding hydrogens is 403 g/mol. The average molecular weight is 418 g/mol. The summed E-state index contributed by atoms with van der Waals surface area (Å²) in [6.45, 7) is 2.57. The number of rotatable bonds is 6. The number of β-lactam (4-membered cyclic amide) rings is 1. The molecule has 13 heteroatoms. The predicted molar refractivity (Wildman–Crippen MR) is 86.4 cm³/mol. The molecule has 0 saturated carbocycles. The largest absolute Gasteiger partial charge is 1.00 e. The maximum absolute atomic E-state index is 12.4. The van der Waals surface area contributed by atoms with Gasteiger partial charge < -0.3 is 24.5 Å². The van der Waals surface area contributed by atoms with Crippen molar-refractivity contribution in [1.29, 1.82) is 0 Å². The molecule has 0 spiro atoms. The van der Waals surface area contributed by atoms with Crippen molar-refractivity contribution in [2.45, 2.75) is 31.7 Å². The minimum Gasteiger partial charge on any atom is -0.543 e. The van der Waals surface area contributed by atoms with Crippen molar-refractivity contribution in [2.75, 3.05) is 12.4 Å². The van der Waals surface area contributed by atoms with Gasteiger partial charge in [-0.2, -0.15) is 4.98 Å². The van der Waals surface area contributed by atoms with Crippen molar-refractivity contribution in [1.82, 2.24) is 20.4 Å². The van der Waals surface area contributed by atoms with Crippen LogP contribution in [0.5, 0.6) is 0 Å². The zero-order chi connectivity index (χ0) is 19.7. The molecular formula is C15H15N4NaO7S. The van der Waals surface area contributed by atoms with Crippen LogP contribution in [0.15, 0.2) is 15.8 Å². The van der Waals surface area contributed by atoms with Crippen molar-refractivity contribution in [3.05, 3.63) is 23.0 Å². The Hall–Kier alpha value is -1.89. The quantitative estimate of drug-likeness (QED) is 0.269. The molecule has 1 aromatic rings. The Morgan fingerprint density at radius 1 is 1.43 bits per heavy atom. The van der Waals surface area contributed by atoms with E-state index in [0.717, 1.165) is 4.90 Å². The Morgan fingerprint density at radius 3 is 2.71 bits per heavy atom. The summed E-state index contributed by atoms with van der Waals surface area (Å²) in [7, 11) is 0. The molecule has 3 heterocycles. The standard InChI is InChI=1S/C15H16N4O7S.Na/c1-6-16-10(26-18-6)3-9(21)17-11-13(22)19-12(15(23)24)8(4-25-7(2)20)5-27-14(11)19;/h11,14H,3-5H2,1-2H3,(H,17,21)(H,23,24);/q;+1/p-1/t11?,14-;/m0./s1. The van der Waals surface area contributed by atoms with Crippen LogP contribution in [-0.2, 0) is 30.3 Å². The predicted octanol–water partition coefficient (Wildman–Crippen LogP) is -5.11. The number of ether oxygens (including phenoxy) is 1. The smallest absolute Gasteiger partial charge is 0.543 e. The Labute approximate surface area is 185 Å². The van der Waals surface area contributed by atoms with Crippen LogP contribution >= 0.6 is 11.8 Å². The molecule has 0 aliphatic carbocycles. The van der Waals surface area contributed by atoms with Crippen LogP contribution in [0, 0.1) is 6.92 Å². The summed E-state index contributed by atoms with van der Waals surface area (Å²) in [4.78, 5) is 51.9. The summed E-state index contributed by atoms with van der Waals surface area (Å²) >= 11 is 1.26. The minimum absolute atomic E-state index is 0. The van der Waals surface area contributed by atoms with Gasteiger partial charge in [-0.3, -0.25) is 19.3 Å². The fraction of sp³-hybridized carbons (Fsp3) is 0.467. The van der Waals surface area contributed by atoms with E-state index in [0.29, 0.717) is 5.82 Å². The minimum atomic E-state index is -1.54. The molecule has 1 N–H and O–H groups in total. The molecule has 0 radical (unpaired) electrons. The topological polar surface area (TPSA) is 155 Å². The fourth-order valence-corrected chi connectivity index (χ4v) is 4.07. The van der Waals surface area contributed by atoms with Gasteiger partial charge in [0.1, 0.15) is 24.4 Å². The Balaban J connectivity index is 0.00000280. The first-order valence-corrected chi connectivity index (χ1v) is 8.92. The number of amides is 2. The molecule has 144 valence electrons. The second-order valence-corrected chi connectivity index (χ2v) is 6.99. The monoisotopic (exact) mass is 418 g/mol. The number of fused-ring (bicyclic) bond motifs is 1. The van der Waals surface area contributed by atoms with Gasteiger partial charge in [0, 0.05) is 18.2 Å². The first kappa shape index (κ1) is 22.4. The van der Waals surface area contributed by atoms with Crippen molar-refractivity contribution < 1.29 is 63.1 Å². The number of nitrogens with zero attached hydrogens (tertiary/aromatic N) is 3. The molecule has 0 aromatic carbocycles. The number of carboxylic acids is 1. The van der Waals surface area contributed by atoms with E-state index >= 15 is 0 Å². The Bertz CT molecular complexity index is 855. The second-order valence-electron chi connectivity index (χ2n) is 5.89. The first-order chi connectivity index (χ1) is 12.8. The van der Waals surface area contributed by atoms with Gasteiger partial charge in [0.05, 0.1) is 11.7 Å². The molecule has 1 unspecified atom stereocenters. The van der Waals surface area contributed by atoms with E-state index < -0.39 is 35.2 Å². The zero-order valence-corrected chi connectivity index (χ0v) is 18.2. The molecule has 3 rings (SSSR count). The summed E-state index contributed by atoms with van der Waals surface area (Å²) in [5.74, 6) is -2.46. The third-order valence-corrected chi connectivity index (χ3v) is 5.23. The van der Waals surface area contributed by atoms with Crippen LogP contribution in [0.25, 0.3) is 0 Å². The van der Waals surface area contributed by atoms with E-state index in [1.807, 2.05) is 0 Å². The molecule has 1 aromatic heterocycles. The molecule has 2 amide bonds. The van der Waals surface area contributed by atoms with Gasteiger partial charge in [0.2, 0.25) is 11.8 Å². The number of hydrogen-bond donors (Lipinski definition) is 1. The average Bonchev–Trinajstić information content (AvgIpc) is 3.01. The van der Waals surface area contributed by atoms with Crippen LogP contribution in [0.2, 0.25) is 0 Å². The van der Waals surface area contributed by atoms with Crippen LogP contribution in [0.3, 0.4) is 0 Å². The van der Waals surface area contributed by atoms with Crippen molar-refractivity contribution in [3.8, 4) is 0 Å². The Kier molecular flexibility index (Phi) is 7.26. The number of hydrogen-bond acceptors (Lipinski definition) is 10. The molecule has 0 bridgehead atoms. The number of carbonyl (C=O) groups excluding carboxylic acids is 4. The fourth-order valence-electron chi connectivity index (χ4n) is 2.75. The number of carboxylic acid groups (broad SMARTS) is 1. The normalized spacial score (nSPS) is 20.6. The third kappa shape index (κ3) is 4.57. The first-order valence-electron chi connectivity index (χ1n) is 7.88. The molecule has 2 atom stereocenters. The molecule has 1 saturated heterocycles. The van der Waals surface area contributed by atoms with E-state index in [1.165, 1.54) is 18.7 Å². The van der Waals surface area contributed by atoms with Gasteiger partial charge >= 0.3 is 35.5 Å². The van der Waals surface area contributed by atoms with E-state index in [9.17, 15) is 24.3 Å². The number of nitrogens with one attached hydrogen (secondary N) is 1. The van der Waals surface area contributed by atoms with E-state index in [2.05, 4.69) is 15.5 Å². The third-order valence-electron chi connectivity index (χ3n) is 3.89. The zero-order valence-electron chi connectivity index (χ0n) is 15.4.